The summed E-state index contributed by atoms with van der Waals surface area (Å²) in [6, 6.07) is 7.70. The number of benzene rings is 2. The molecule has 3 amide bonds. The van der Waals surface area contributed by atoms with Gasteiger partial charge >= 0.3 is 20.2 Å². The van der Waals surface area contributed by atoms with Crippen molar-refractivity contribution in [3.63, 3.8) is 0 Å². The van der Waals surface area contributed by atoms with Crippen LogP contribution in [0.4, 0.5) is 0 Å². The molecule has 12 nitrogen and oxygen atoms in total. The molecule has 3 heterocycles. The van der Waals surface area contributed by atoms with Crippen molar-refractivity contribution in [3.05, 3.63) is 58.7 Å². The van der Waals surface area contributed by atoms with Crippen LogP contribution in [0.2, 0.25) is 0 Å². The molecule has 0 aromatic heterocycles. The van der Waals surface area contributed by atoms with Crippen molar-refractivity contribution in [3.8, 4) is 0 Å². The fraction of sp³-hybridized carbons (Fsp3) is 0.407. The number of carbonyl (C=O) groups is 4. The highest BCUT2D eigenvalue weighted by Gasteiger charge is 2.43. The molecule has 4 aliphatic rings. The number of hydrogen-bond donors (Lipinski definition) is 5. The molecule has 41 heavy (non-hydrogen) atoms. The molecule has 6 rings (SSSR count). The third kappa shape index (κ3) is 5.23. The number of hydrogen-bond acceptors (Lipinski definition) is 8. The average molecular weight is 561 g/mol. The maximum Gasteiger partial charge on any atom is 0.491 e. The third-order valence-electron chi connectivity index (χ3n) is 8.49. The first-order chi connectivity index (χ1) is 19.7. The number of carboxylic acids is 1. The molecular formula is C27H29B2N3O9. The van der Waals surface area contributed by atoms with Crippen molar-refractivity contribution in [1.82, 2.24) is 15.5 Å². The highest BCUT2D eigenvalue weighted by atomic mass is 16.5. The van der Waals surface area contributed by atoms with Gasteiger partial charge in [-0.15, -0.1) is 0 Å². The molecule has 3 aliphatic heterocycles. The molecule has 1 saturated heterocycles. The second kappa shape index (κ2) is 10.9. The van der Waals surface area contributed by atoms with E-state index < -0.39 is 62.0 Å². The predicted octanol–water partition coefficient (Wildman–Crippen LogP) is -1.50. The standard InChI is InChI=1S/C27H29B2N3O9/c33-24(14-4-6-16-12-40-28(38)20(16)8-14)30-18-10-23(25(34)31-22-3-1-2-19(22)27(36)37)32(11-18)26(35)15-5-7-17-13-41-29(39)21(17)9-15/h4-9,18-19,22-23,38-39H,1-3,10-13H2,(H,30,33)(H,31,34)(H,36,37)/t18?,19?,22?,23-/m0/s1. The largest absolute Gasteiger partial charge is 0.491 e. The molecule has 212 valence electrons. The number of likely N-dealkylation sites (tertiary alicyclic amines) is 1. The molecule has 1 aliphatic carbocycles. The fourth-order valence-electron chi connectivity index (χ4n) is 6.26. The maximum absolute atomic E-state index is 13.7. The molecule has 5 N–H and O–H groups in total. The molecule has 2 aromatic carbocycles. The summed E-state index contributed by atoms with van der Waals surface area (Å²) in [5.41, 5.74) is 3.13. The molecule has 14 heteroatoms. The van der Waals surface area contributed by atoms with Crippen LogP contribution >= 0.6 is 0 Å². The summed E-state index contributed by atoms with van der Waals surface area (Å²) in [5, 5.41) is 35.4. The summed E-state index contributed by atoms with van der Waals surface area (Å²) in [5.74, 6) is -3.03. The van der Waals surface area contributed by atoms with E-state index in [4.69, 9.17) is 9.31 Å². The van der Waals surface area contributed by atoms with E-state index >= 15 is 0 Å². The number of rotatable bonds is 6. The summed E-state index contributed by atoms with van der Waals surface area (Å²) in [6.07, 6.45) is 1.79. The van der Waals surface area contributed by atoms with Crippen LogP contribution in [0.15, 0.2) is 36.4 Å². The summed E-state index contributed by atoms with van der Waals surface area (Å²) >= 11 is 0. The van der Waals surface area contributed by atoms with Gasteiger partial charge in [-0.05, 0) is 65.6 Å². The highest BCUT2D eigenvalue weighted by molar-refractivity contribution is 6.62. The Morgan fingerprint density at radius 2 is 1.51 bits per heavy atom. The number of aliphatic carboxylic acids is 1. The minimum Gasteiger partial charge on any atom is -0.481 e. The van der Waals surface area contributed by atoms with Gasteiger partial charge < -0.3 is 40.0 Å². The van der Waals surface area contributed by atoms with Crippen molar-refractivity contribution in [2.24, 2.45) is 5.92 Å². The first kappa shape index (κ1) is 27.5. The Labute approximate surface area is 236 Å². The van der Waals surface area contributed by atoms with E-state index in [2.05, 4.69) is 10.6 Å². The number of nitrogens with zero attached hydrogens (tertiary/aromatic N) is 1. The van der Waals surface area contributed by atoms with Crippen LogP contribution < -0.4 is 21.6 Å². The summed E-state index contributed by atoms with van der Waals surface area (Å²) in [7, 11) is -2.25. The van der Waals surface area contributed by atoms with Gasteiger partial charge in [-0.25, -0.2) is 0 Å². The molecule has 2 fully saturated rings. The quantitative estimate of drug-likeness (QED) is 0.263. The lowest BCUT2D eigenvalue weighted by Crippen LogP contribution is -2.50. The number of carbonyl (C=O) groups excluding carboxylic acids is 3. The van der Waals surface area contributed by atoms with E-state index in [9.17, 15) is 34.3 Å². The summed E-state index contributed by atoms with van der Waals surface area (Å²) < 4.78 is 10.4. The first-order valence-electron chi connectivity index (χ1n) is 13.7. The zero-order valence-electron chi connectivity index (χ0n) is 22.1. The van der Waals surface area contributed by atoms with Crippen molar-refractivity contribution >= 4 is 48.9 Å². The molecule has 0 bridgehead atoms. The number of nitrogens with one attached hydrogen (secondary N) is 2. The average Bonchev–Trinajstić information content (AvgIpc) is 3.75. The highest BCUT2D eigenvalue weighted by Crippen LogP contribution is 2.28. The van der Waals surface area contributed by atoms with Crippen LogP contribution in [0.25, 0.3) is 0 Å². The molecular weight excluding hydrogens is 532 g/mol. The Hall–Kier alpha value is -3.71. The fourth-order valence-corrected chi connectivity index (χ4v) is 6.26. The van der Waals surface area contributed by atoms with Gasteiger partial charge in [0.15, 0.2) is 0 Å². The van der Waals surface area contributed by atoms with Gasteiger partial charge in [0.1, 0.15) is 6.04 Å². The van der Waals surface area contributed by atoms with Crippen molar-refractivity contribution < 1.29 is 43.6 Å². The van der Waals surface area contributed by atoms with Crippen LogP contribution in [0.3, 0.4) is 0 Å². The molecule has 0 radical (unpaired) electrons. The van der Waals surface area contributed by atoms with E-state index in [-0.39, 0.29) is 31.7 Å². The molecule has 3 unspecified atom stereocenters. The van der Waals surface area contributed by atoms with E-state index in [1.54, 1.807) is 36.4 Å². The number of fused-ring (bicyclic) bond motifs is 2. The molecule has 4 atom stereocenters. The zero-order chi connectivity index (χ0) is 28.8. The predicted molar refractivity (Wildman–Crippen MR) is 145 cm³/mol. The van der Waals surface area contributed by atoms with Crippen molar-refractivity contribution in [2.45, 2.75) is 57.0 Å². The second-order valence-corrected chi connectivity index (χ2v) is 11.0. The lowest BCUT2D eigenvalue weighted by Gasteiger charge is -2.26. The Kier molecular flexibility index (Phi) is 7.32. The molecule has 2 aromatic rings. The van der Waals surface area contributed by atoms with Gasteiger partial charge in [0.2, 0.25) is 5.91 Å². The summed E-state index contributed by atoms with van der Waals surface area (Å²) in [4.78, 5) is 53.4. The normalized spacial score (nSPS) is 24.8. The SMILES string of the molecule is O=C(NC1C[C@@H](C(=O)NC2CCCC2C(=O)O)N(C(=O)c2ccc3c(c2)B(O)OC3)C1)c1ccc2c(c1)B(O)OC2. The van der Waals surface area contributed by atoms with Crippen LogP contribution in [0, 0.1) is 5.92 Å². The van der Waals surface area contributed by atoms with Crippen molar-refractivity contribution in [2.75, 3.05) is 6.54 Å². The maximum atomic E-state index is 13.7. The van der Waals surface area contributed by atoms with Crippen LogP contribution in [0.1, 0.15) is 57.5 Å². The van der Waals surface area contributed by atoms with E-state index in [1.165, 1.54) is 4.90 Å². The number of amides is 3. The Morgan fingerprint density at radius 1 is 0.878 bits per heavy atom. The lowest BCUT2D eigenvalue weighted by molar-refractivity contribution is -0.142. The number of carboxylic acid groups (broad SMARTS) is 1. The Morgan fingerprint density at radius 3 is 2.17 bits per heavy atom. The Bertz CT molecular complexity index is 1420. The zero-order valence-corrected chi connectivity index (χ0v) is 22.1. The topological polar surface area (TPSA) is 175 Å². The van der Waals surface area contributed by atoms with E-state index in [1.807, 2.05) is 0 Å². The minimum absolute atomic E-state index is 0.0441. The minimum atomic E-state index is -1.14. The van der Waals surface area contributed by atoms with Gasteiger partial charge in [0.25, 0.3) is 11.8 Å². The van der Waals surface area contributed by atoms with Gasteiger partial charge in [-0.3, -0.25) is 19.2 Å². The van der Waals surface area contributed by atoms with E-state index in [0.29, 0.717) is 35.8 Å². The molecule has 1 saturated carbocycles. The van der Waals surface area contributed by atoms with E-state index in [0.717, 1.165) is 11.1 Å². The Balaban J connectivity index is 1.22. The van der Waals surface area contributed by atoms with Gasteiger partial charge in [-0.1, -0.05) is 18.6 Å². The van der Waals surface area contributed by atoms with Gasteiger partial charge in [0.05, 0.1) is 19.1 Å². The lowest BCUT2D eigenvalue weighted by atomic mass is 9.78. The van der Waals surface area contributed by atoms with Crippen LogP contribution in [0.5, 0.6) is 0 Å². The summed E-state index contributed by atoms with van der Waals surface area (Å²) in [6.45, 7) is 0.527. The van der Waals surface area contributed by atoms with Crippen molar-refractivity contribution in [1.29, 1.82) is 0 Å². The van der Waals surface area contributed by atoms with Gasteiger partial charge in [-0.2, -0.15) is 0 Å². The third-order valence-corrected chi connectivity index (χ3v) is 8.49. The first-order valence-corrected chi connectivity index (χ1v) is 13.7. The molecule has 0 spiro atoms. The second-order valence-electron chi connectivity index (χ2n) is 11.0. The van der Waals surface area contributed by atoms with Gasteiger partial charge in [0, 0.05) is 29.8 Å². The monoisotopic (exact) mass is 561 g/mol. The van der Waals surface area contributed by atoms with Crippen LogP contribution in [-0.4, -0.2) is 82.7 Å². The smallest absolute Gasteiger partial charge is 0.481 e. The van der Waals surface area contributed by atoms with Crippen LogP contribution in [-0.2, 0) is 32.1 Å².